The van der Waals surface area contributed by atoms with Gasteiger partial charge in [-0.3, -0.25) is 0 Å². The van der Waals surface area contributed by atoms with Crippen LogP contribution in [-0.2, 0) is 19.1 Å². The summed E-state index contributed by atoms with van der Waals surface area (Å²) in [5.74, 6) is -0.128. The van der Waals surface area contributed by atoms with Crippen molar-refractivity contribution in [2.24, 2.45) is 0 Å². The van der Waals surface area contributed by atoms with Crippen LogP contribution in [0.5, 0.6) is 5.75 Å². The molecule has 0 aliphatic carbocycles. The fraction of sp³-hybridized carbons (Fsp3) is 0.294. The lowest BCUT2D eigenvalue weighted by Crippen LogP contribution is -2.09. The fourth-order valence-corrected chi connectivity index (χ4v) is 1.45. The molecule has 0 aromatic heterocycles. The van der Waals surface area contributed by atoms with E-state index in [2.05, 4.69) is 6.58 Å². The van der Waals surface area contributed by atoms with Crippen molar-refractivity contribution in [2.75, 3.05) is 20.3 Å². The first kappa shape index (κ1) is 17.5. The van der Waals surface area contributed by atoms with Gasteiger partial charge in [0.25, 0.3) is 0 Å². The average Bonchev–Trinajstić information content (AvgIpc) is 2.52. The molecule has 0 heterocycles. The largest absolute Gasteiger partial charge is 0.497 e. The molecule has 0 saturated carbocycles. The van der Waals surface area contributed by atoms with Crippen LogP contribution >= 0.6 is 0 Å². The maximum atomic E-state index is 11.5. The molecule has 0 N–H and O–H groups in total. The molecule has 1 rings (SSSR count). The summed E-state index contributed by atoms with van der Waals surface area (Å²) < 4.78 is 14.9. The zero-order chi connectivity index (χ0) is 16.4. The Morgan fingerprint density at radius 2 is 1.77 bits per heavy atom. The predicted octanol–water partition coefficient (Wildman–Crippen LogP) is 2.76. The predicted molar refractivity (Wildman–Crippen MR) is 83.4 cm³/mol. The van der Waals surface area contributed by atoms with Gasteiger partial charge in [0.15, 0.2) is 0 Å². The van der Waals surface area contributed by atoms with Gasteiger partial charge in [0.2, 0.25) is 0 Å². The maximum absolute atomic E-state index is 11.5. The van der Waals surface area contributed by atoms with E-state index in [0.29, 0.717) is 12.0 Å². The van der Waals surface area contributed by atoms with Crippen molar-refractivity contribution in [2.45, 2.75) is 13.3 Å². The molecular weight excluding hydrogens is 284 g/mol. The van der Waals surface area contributed by atoms with Crippen molar-refractivity contribution in [3.63, 3.8) is 0 Å². The monoisotopic (exact) mass is 304 g/mol. The molecule has 1 aromatic rings. The molecule has 0 atom stereocenters. The van der Waals surface area contributed by atoms with Crippen molar-refractivity contribution in [3.05, 3.63) is 48.1 Å². The number of esters is 2. The number of carbonyl (C=O) groups excluding carboxylic acids is 2. The highest BCUT2D eigenvalue weighted by Crippen LogP contribution is 2.12. The molecule has 0 saturated heterocycles. The first-order chi connectivity index (χ1) is 10.5. The second kappa shape index (κ2) is 9.39. The van der Waals surface area contributed by atoms with Crippen molar-refractivity contribution < 1.29 is 23.8 Å². The minimum Gasteiger partial charge on any atom is -0.497 e. The van der Waals surface area contributed by atoms with E-state index in [0.717, 1.165) is 11.3 Å². The van der Waals surface area contributed by atoms with Crippen molar-refractivity contribution in [1.29, 1.82) is 0 Å². The smallest absolute Gasteiger partial charge is 0.333 e. The van der Waals surface area contributed by atoms with Crippen LogP contribution in [0.4, 0.5) is 0 Å². The zero-order valence-electron chi connectivity index (χ0n) is 12.8. The third kappa shape index (κ3) is 6.74. The van der Waals surface area contributed by atoms with Gasteiger partial charge in [0, 0.05) is 18.1 Å². The van der Waals surface area contributed by atoms with Gasteiger partial charge in [-0.1, -0.05) is 18.7 Å². The summed E-state index contributed by atoms with van der Waals surface area (Å²) in [4.78, 5) is 22.6. The first-order valence-electron chi connectivity index (χ1n) is 6.84. The number of hydrogen-bond donors (Lipinski definition) is 0. The van der Waals surface area contributed by atoms with Crippen LogP contribution in [-0.4, -0.2) is 32.3 Å². The standard InChI is InChI=1S/C17H20O5/c1-13(2)17(19)22-12-4-11-21-16(18)10-7-14-5-8-15(20-3)9-6-14/h5-10H,1,4,11-12H2,2-3H3. The quantitative estimate of drug-likeness (QED) is 0.420. The van der Waals surface area contributed by atoms with Gasteiger partial charge < -0.3 is 14.2 Å². The van der Waals surface area contributed by atoms with Gasteiger partial charge in [-0.2, -0.15) is 0 Å². The third-order valence-corrected chi connectivity index (χ3v) is 2.64. The summed E-state index contributed by atoms with van der Waals surface area (Å²) in [5, 5.41) is 0. The molecule has 0 radical (unpaired) electrons. The van der Waals surface area contributed by atoms with E-state index in [4.69, 9.17) is 14.2 Å². The van der Waals surface area contributed by atoms with Crippen LogP contribution in [0.2, 0.25) is 0 Å². The summed E-state index contributed by atoms with van der Waals surface area (Å²) in [6.45, 7) is 5.43. The summed E-state index contributed by atoms with van der Waals surface area (Å²) in [6.07, 6.45) is 3.45. The number of hydrogen-bond acceptors (Lipinski definition) is 5. The highest BCUT2D eigenvalue weighted by molar-refractivity contribution is 5.87. The molecule has 0 unspecified atom stereocenters. The Labute approximate surface area is 130 Å². The number of benzene rings is 1. The normalized spacial score (nSPS) is 10.3. The molecule has 0 amide bonds. The molecule has 0 spiro atoms. The number of methoxy groups -OCH3 is 1. The van der Waals surface area contributed by atoms with Crippen LogP contribution in [0, 0.1) is 0 Å². The Bertz CT molecular complexity index is 543. The van der Waals surface area contributed by atoms with Crippen LogP contribution < -0.4 is 4.74 Å². The van der Waals surface area contributed by atoms with Crippen LogP contribution in [0.3, 0.4) is 0 Å². The van der Waals surface area contributed by atoms with Gasteiger partial charge in [-0.15, -0.1) is 0 Å². The average molecular weight is 304 g/mol. The van der Waals surface area contributed by atoms with E-state index in [1.54, 1.807) is 32.2 Å². The van der Waals surface area contributed by atoms with Gasteiger partial charge >= 0.3 is 11.9 Å². The van der Waals surface area contributed by atoms with Gasteiger partial charge in [0.1, 0.15) is 5.75 Å². The number of carbonyl (C=O) groups is 2. The van der Waals surface area contributed by atoms with Crippen molar-refractivity contribution in [3.8, 4) is 5.75 Å². The van der Waals surface area contributed by atoms with Crippen LogP contribution in [0.25, 0.3) is 6.08 Å². The Morgan fingerprint density at radius 1 is 1.14 bits per heavy atom. The van der Waals surface area contributed by atoms with Crippen molar-refractivity contribution >= 4 is 18.0 Å². The van der Waals surface area contributed by atoms with Crippen molar-refractivity contribution in [1.82, 2.24) is 0 Å². The van der Waals surface area contributed by atoms with E-state index in [1.165, 1.54) is 6.08 Å². The highest BCUT2D eigenvalue weighted by atomic mass is 16.5. The molecule has 0 fully saturated rings. The van der Waals surface area contributed by atoms with Crippen LogP contribution in [0.15, 0.2) is 42.5 Å². The molecule has 5 nitrogen and oxygen atoms in total. The van der Waals surface area contributed by atoms with Gasteiger partial charge in [-0.05, 0) is 30.7 Å². The lowest BCUT2D eigenvalue weighted by molar-refractivity contribution is -0.140. The van der Waals surface area contributed by atoms with Gasteiger partial charge in [-0.25, -0.2) is 9.59 Å². The first-order valence-corrected chi connectivity index (χ1v) is 6.84. The molecule has 118 valence electrons. The topological polar surface area (TPSA) is 61.8 Å². The molecular formula is C17H20O5. The molecule has 0 aliphatic rings. The Morgan fingerprint density at radius 3 is 2.36 bits per heavy atom. The summed E-state index contributed by atoms with van der Waals surface area (Å²) in [6, 6.07) is 7.28. The van der Waals surface area contributed by atoms with E-state index in [1.807, 2.05) is 12.1 Å². The summed E-state index contributed by atoms with van der Waals surface area (Å²) in [7, 11) is 1.59. The second-order valence-corrected chi connectivity index (χ2v) is 4.54. The molecule has 0 aliphatic heterocycles. The second-order valence-electron chi connectivity index (χ2n) is 4.54. The maximum Gasteiger partial charge on any atom is 0.333 e. The number of ether oxygens (including phenoxy) is 3. The number of rotatable bonds is 8. The minimum atomic E-state index is -0.443. The minimum absolute atomic E-state index is 0.190. The lowest BCUT2D eigenvalue weighted by Gasteiger charge is -2.04. The highest BCUT2D eigenvalue weighted by Gasteiger charge is 2.03. The van der Waals surface area contributed by atoms with E-state index < -0.39 is 11.9 Å². The molecule has 0 bridgehead atoms. The molecule has 1 aromatic carbocycles. The van der Waals surface area contributed by atoms with Crippen LogP contribution in [0.1, 0.15) is 18.9 Å². The summed E-state index contributed by atoms with van der Waals surface area (Å²) in [5.41, 5.74) is 1.22. The summed E-state index contributed by atoms with van der Waals surface area (Å²) >= 11 is 0. The molecule has 22 heavy (non-hydrogen) atoms. The lowest BCUT2D eigenvalue weighted by atomic mass is 10.2. The zero-order valence-corrected chi connectivity index (χ0v) is 12.8. The van der Waals surface area contributed by atoms with Gasteiger partial charge in [0.05, 0.1) is 20.3 Å². The Balaban J connectivity index is 2.23. The van der Waals surface area contributed by atoms with E-state index >= 15 is 0 Å². The third-order valence-electron chi connectivity index (χ3n) is 2.64. The van der Waals surface area contributed by atoms with E-state index in [-0.39, 0.29) is 13.2 Å². The Hall–Kier alpha value is -2.56. The van der Waals surface area contributed by atoms with E-state index in [9.17, 15) is 9.59 Å². The SMILES string of the molecule is C=C(C)C(=O)OCCCOC(=O)C=Cc1ccc(OC)cc1. The molecule has 5 heteroatoms. The Kier molecular flexibility index (Phi) is 7.47. The fourth-order valence-electron chi connectivity index (χ4n) is 1.45.